The van der Waals surface area contributed by atoms with Crippen LogP contribution in [0.5, 0.6) is 11.5 Å². The van der Waals surface area contributed by atoms with Gasteiger partial charge in [-0.15, -0.1) is 0 Å². The molecule has 0 aliphatic heterocycles. The lowest BCUT2D eigenvalue weighted by atomic mass is 10.1. The Kier molecular flexibility index (Phi) is 12.3. The number of ether oxygens (including phenoxy) is 2. The minimum atomic E-state index is 0.781. The average Bonchev–Trinajstić information content (AvgIpc) is 2.92. The van der Waals surface area contributed by atoms with Crippen molar-refractivity contribution in [3.8, 4) is 11.5 Å². The number of benzene rings is 2. The first-order valence-electron chi connectivity index (χ1n) is 13.4. The molecule has 36 heavy (non-hydrogen) atoms. The van der Waals surface area contributed by atoms with Gasteiger partial charge in [0.2, 0.25) is 0 Å². The summed E-state index contributed by atoms with van der Waals surface area (Å²) in [5.74, 6) is 1.84. The summed E-state index contributed by atoms with van der Waals surface area (Å²) < 4.78 is 11.7. The van der Waals surface area contributed by atoms with E-state index < -0.39 is 0 Å². The Morgan fingerprint density at radius 3 is 1.42 bits per heavy atom. The van der Waals surface area contributed by atoms with Crippen molar-refractivity contribution in [2.75, 3.05) is 13.2 Å². The van der Waals surface area contributed by atoms with Crippen LogP contribution in [0.4, 0.5) is 0 Å². The first kappa shape index (κ1) is 27.2. The summed E-state index contributed by atoms with van der Waals surface area (Å²) >= 11 is 0. The fraction of sp³-hybridized carbons (Fsp3) is 0.375. The monoisotopic (exact) mass is 484 g/mol. The summed E-state index contributed by atoms with van der Waals surface area (Å²) in [6.45, 7) is 6.00. The molecule has 1 heterocycles. The van der Waals surface area contributed by atoms with Gasteiger partial charge in [0.25, 0.3) is 0 Å². The standard InChI is InChI=1S/C32H40N2O2/c1-3-5-7-9-23-35-31-19-13-27(14-20-31)11-17-29-25-30(34-26-33-29)18-12-28-15-21-32(22-16-28)36-24-10-8-6-4-2/h11-22,25-26H,3-10,23-24H2,1-2H3/b17-11+,18-12+. The normalized spacial score (nSPS) is 11.4. The molecule has 0 fully saturated rings. The zero-order chi connectivity index (χ0) is 25.3. The summed E-state index contributed by atoms with van der Waals surface area (Å²) in [4.78, 5) is 8.76. The SMILES string of the molecule is CCCCCCOc1ccc(/C=C/c2cc(/C=C/c3ccc(OCCCCCC)cc3)ncn2)cc1. The minimum Gasteiger partial charge on any atom is -0.494 e. The van der Waals surface area contributed by atoms with Gasteiger partial charge >= 0.3 is 0 Å². The molecule has 0 amide bonds. The van der Waals surface area contributed by atoms with Gasteiger partial charge in [0.15, 0.2) is 0 Å². The van der Waals surface area contributed by atoms with Gasteiger partial charge in [-0.2, -0.15) is 0 Å². The Balaban J connectivity index is 1.48. The van der Waals surface area contributed by atoms with E-state index in [1.165, 1.54) is 38.5 Å². The lowest BCUT2D eigenvalue weighted by Crippen LogP contribution is -1.96. The van der Waals surface area contributed by atoms with E-state index in [4.69, 9.17) is 9.47 Å². The number of rotatable bonds is 16. The molecule has 0 saturated heterocycles. The van der Waals surface area contributed by atoms with Gasteiger partial charge in [0.1, 0.15) is 17.8 Å². The minimum absolute atomic E-state index is 0.781. The van der Waals surface area contributed by atoms with Gasteiger partial charge < -0.3 is 9.47 Å². The van der Waals surface area contributed by atoms with Crippen LogP contribution in [0.2, 0.25) is 0 Å². The Labute approximate surface area is 217 Å². The fourth-order valence-corrected chi connectivity index (χ4v) is 3.72. The molecule has 0 aliphatic carbocycles. The molecular weight excluding hydrogens is 444 g/mol. The second-order valence-electron chi connectivity index (χ2n) is 8.99. The molecule has 0 N–H and O–H groups in total. The largest absolute Gasteiger partial charge is 0.494 e. The summed E-state index contributed by atoms with van der Waals surface area (Å²) in [5.41, 5.74) is 3.95. The van der Waals surface area contributed by atoms with Gasteiger partial charge in [-0.05, 0) is 66.5 Å². The first-order chi connectivity index (χ1) is 17.8. The Hall–Kier alpha value is -3.40. The van der Waals surface area contributed by atoms with Gasteiger partial charge in [-0.3, -0.25) is 0 Å². The third kappa shape index (κ3) is 10.5. The maximum absolute atomic E-state index is 5.83. The molecule has 3 rings (SSSR count). The van der Waals surface area contributed by atoms with Crippen molar-refractivity contribution in [1.82, 2.24) is 9.97 Å². The lowest BCUT2D eigenvalue weighted by molar-refractivity contribution is 0.305. The predicted molar refractivity (Wildman–Crippen MR) is 152 cm³/mol. The Morgan fingerprint density at radius 2 is 1.00 bits per heavy atom. The van der Waals surface area contributed by atoms with Crippen LogP contribution in [0.25, 0.3) is 24.3 Å². The van der Waals surface area contributed by atoms with Crippen LogP contribution in [-0.4, -0.2) is 23.2 Å². The van der Waals surface area contributed by atoms with Crippen LogP contribution in [0.3, 0.4) is 0 Å². The van der Waals surface area contributed by atoms with Crippen LogP contribution >= 0.6 is 0 Å². The first-order valence-corrected chi connectivity index (χ1v) is 13.4. The summed E-state index contributed by atoms with van der Waals surface area (Å²) in [6, 6.07) is 18.3. The quantitative estimate of drug-likeness (QED) is 0.191. The van der Waals surface area contributed by atoms with Crippen LogP contribution < -0.4 is 9.47 Å². The van der Waals surface area contributed by atoms with Crippen molar-refractivity contribution >= 4 is 24.3 Å². The summed E-state index contributed by atoms with van der Waals surface area (Å²) in [7, 11) is 0. The number of aromatic nitrogens is 2. The third-order valence-corrected chi connectivity index (χ3v) is 5.90. The van der Waals surface area contributed by atoms with Crippen molar-refractivity contribution < 1.29 is 9.47 Å². The molecule has 0 aliphatic rings. The highest BCUT2D eigenvalue weighted by Gasteiger charge is 1.98. The van der Waals surface area contributed by atoms with E-state index >= 15 is 0 Å². The molecule has 0 atom stereocenters. The average molecular weight is 485 g/mol. The molecule has 0 saturated carbocycles. The maximum Gasteiger partial charge on any atom is 0.119 e. The highest BCUT2D eigenvalue weighted by atomic mass is 16.5. The lowest BCUT2D eigenvalue weighted by Gasteiger charge is -2.06. The molecule has 190 valence electrons. The molecule has 4 nitrogen and oxygen atoms in total. The number of unbranched alkanes of at least 4 members (excludes halogenated alkanes) is 6. The molecule has 3 aromatic rings. The third-order valence-electron chi connectivity index (χ3n) is 5.90. The van der Waals surface area contributed by atoms with Crippen molar-refractivity contribution in [1.29, 1.82) is 0 Å². The number of nitrogens with zero attached hydrogens (tertiary/aromatic N) is 2. The van der Waals surface area contributed by atoms with E-state index in [0.29, 0.717) is 0 Å². The molecule has 2 aromatic carbocycles. The van der Waals surface area contributed by atoms with Crippen LogP contribution in [0, 0.1) is 0 Å². The van der Waals surface area contributed by atoms with Gasteiger partial charge in [-0.1, -0.05) is 88.8 Å². The molecule has 0 unspecified atom stereocenters. The molecule has 0 spiro atoms. The van der Waals surface area contributed by atoms with Gasteiger partial charge in [0.05, 0.1) is 24.6 Å². The van der Waals surface area contributed by atoms with Crippen molar-refractivity contribution in [3.63, 3.8) is 0 Å². The predicted octanol–water partition coefficient (Wildman–Crippen LogP) is 8.74. The topological polar surface area (TPSA) is 44.2 Å². The molecule has 0 bridgehead atoms. The number of hydrogen-bond donors (Lipinski definition) is 0. The van der Waals surface area contributed by atoms with Gasteiger partial charge in [0, 0.05) is 0 Å². The molecular formula is C32H40N2O2. The molecule has 1 aromatic heterocycles. The van der Waals surface area contributed by atoms with Crippen LogP contribution in [0.15, 0.2) is 60.9 Å². The van der Waals surface area contributed by atoms with Crippen LogP contribution in [-0.2, 0) is 0 Å². The Bertz CT molecular complexity index is 974. The van der Waals surface area contributed by atoms with Crippen molar-refractivity contribution in [3.05, 3.63) is 83.4 Å². The number of hydrogen-bond acceptors (Lipinski definition) is 4. The maximum atomic E-state index is 5.83. The summed E-state index contributed by atoms with van der Waals surface area (Å²) in [6.07, 6.45) is 19.4. The molecule has 4 heteroatoms. The Morgan fingerprint density at radius 1 is 0.556 bits per heavy atom. The smallest absolute Gasteiger partial charge is 0.119 e. The van der Waals surface area contributed by atoms with E-state index in [-0.39, 0.29) is 0 Å². The van der Waals surface area contributed by atoms with E-state index in [1.807, 2.05) is 42.5 Å². The van der Waals surface area contributed by atoms with E-state index in [2.05, 4.69) is 60.2 Å². The second-order valence-corrected chi connectivity index (χ2v) is 8.99. The van der Waals surface area contributed by atoms with Crippen LogP contribution in [0.1, 0.15) is 87.7 Å². The van der Waals surface area contributed by atoms with E-state index in [1.54, 1.807) is 6.33 Å². The second kappa shape index (κ2) is 16.3. The zero-order valence-electron chi connectivity index (χ0n) is 21.9. The highest BCUT2D eigenvalue weighted by molar-refractivity contribution is 5.72. The van der Waals surface area contributed by atoms with Crippen molar-refractivity contribution in [2.45, 2.75) is 65.2 Å². The fourth-order valence-electron chi connectivity index (χ4n) is 3.72. The van der Waals surface area contributed by atoms with E-state index in [9.17, 15) is 0 Å². The van der Waals surface area contributed by atoms with E-state index in [0.717, 1.165) is 60.1 Å². The zero-order valence-corrected chi connectivity index (χ0v) is 21.9. The highest BCUT2D eigenvalue weighted by Crippen LogP contribution is 2.17. The van der Waals surface area contributed by atoms with Crippen molar-refractivity contribution in [2.24, 2.45) is 0 Å². The summed E-state index contributed by atoms with van der Waals surface area (Å²) in [5, 5.41) is 0. The van der Waals surface area contributed by atoms with Gasteiger partial charge in [-0.25, -0.2) is 9.97 Å². The molecule has 0 radical (unpaired) electrons.